The lowest BCUT2D eigenvalue weighted by Gasteiger charge is -2.34. The van der Waals surface area contributed by atoms with Crippen LogP contribution in [0.4, 0.5) is 5.13 Å². The van der Waals surface area contributed by atoms with E-state index < -0.39 is 5.97 Å². The number of aliphatic carboxylic acids is 1. The maximum Gasteiger partial charge on any atom is 0.303 e. The van der Waals surface area contributed by atoms with E-state index in [2.05, 4.69) is 21.9 Å². The molecule has 1 aromatic heterocycles. The number of rotatable bonds is 8. The minimum Gasteiger partial charge on any atom is -0.494 e. The molecule has 30 heavy (non-hydrogen) atoms. The Morgan fingerprint density at radius 1 is 1.13 bits per heavy atom. The van der Waals surface area contributed by atoms with E-state index in [0.717, 1.165) is 58.8 Å². The van der Waals surface area contributed by atoms with E-state index in [0.29, 0.717) is 13.0 Å². The number of aromatic nitrogens is 1. The number of carbonyl (C=O) groups is 1. The van der Waals surface area contributed by atoms with Gasteiger partial charge in [0.25, 0.3) is 0 Å². The normalized spacial score (nSPS) is 14.9. The Balaban J connectivity index is 1.25. The van der Waals surface area contributed by atoms with Crippen LogP contribution in [0.1, 0.15) is 18.4 Å². The minimum absolute atomic E-state index is 0.134. The lowest BCUT2D eigenvalue weighted by Crippen LogP contribution is -2.45. The first-order chi connectivity index (χ1) is 14.6. The molecule has 0 saturated carbocycles. The van der Waals surface area contributed by atoms with E-state index in [-0.39, 0.29) is 6.42 Å². The second-order valence-electron chi connectivity index (χ2n) is 7.36. The SMILES string of the molecule is O=C(O)CCCOc1ccc(CN2CCN(c3nc4ccc(Cl)cc4s3)CC2)cc1. The number of hydrogen-bond donors (Lipinski definition) is 1. The topological polar surface area (TPSA) is 65.9 Å². The lowest BCUT2D eigenvalue weighted by atomic mass is 10.2. The van der Waals surface area contributed by atoms with E-state index in [1.165, 1.54) is 5.56 Å². The number of nitrogens with zero attached hydrogens (tertiary/aromatic N) is 3. The zero-order valence-corrected chi connectivity index (χ0v) is 18.2. The van der Waals surface area contributed by atoms with Crippen molar-refractivity contribution in [3.8, 4) is 5.75 Å². The third-order valence-corrected chi connectivity index (χ3v) is 6.43. The van der Waals surface area contributed by atoms with Gasteiger partial charge in [0.15, 0.2) is 5.13 Å². The van der Waals surface area contributed by atoms with E-state index in [4.69, 9.17) is 26.4 Å². The maximum atomic E-state index is 10.5. The van der Waals surface area contributed by atoms with Gasteiger partial charge in [-0.25, -0.2) is 4.98 Å². The Morgan fingerprint density at radius 3 is 2.63 bits per heavy atom. The molecule has 6 nitrogen and oxygen atoms in total. The summed E-state index contributed by atoms with van der Waals surface area (Å²) in [6.07, 6.45) is 0.651. The summed E-state index contributed by atoms with van der Waals surface area (Å²) in [5.41, 5.74) is 2.25. The highest BCUT2D eigenvalue weighted by molar-refractivity contribution is 7.22. The summed E-state index contributed by atoms with van der Waals surface area (Å²) >= 11 is 7.79. The van der Waals surface area contributed by atoms with Gasteiger partial charge in [-0.05, 0) is 42.3 Å². The maximum absolute atomic E-state index is 10.5. The predicted octanol–water partition coefficient (Wildman–Crippen LogP) is 4.52. The first kappa shape index (κ1) is 20.9. The highest BCUT2D eigenvalue weighted by atomic mass is 35.5. The number of thiazole rings is 1. The Kier molecular flexibility index (Phi) is 6.72. The van der Waals surface area contributed by atoms with Gasteiger partial charge < -0.3 is 14.7 Å². The van der Waals surface area contributed by atoms with Crippen molar-refractivity contribution >= 4 is 44.3 Å². The zero-order valence-electron chi connectivity index (χ0n) is 16.6. The average molecular weight is 446 g/mol. The van der Waals surface area contributed by atoms with Gasteiger partial charge in [-0.15, -0.1) is 0 Å². The van der Waals surface area contributed by atoms with E-state index >= 15 is 0 Å². The third-order valence-electron chi connectivity index (χ3n) is 5.12. The Morgan fingerprint density at radius 2 is 1.90 bits per heavy atom. The quantitative estimate of drug-likeness (QED) is 0.514. The number of carboxylic acid groups (broad SMARTS) is 1. The first-order valence-electron chi connectivity index (χ1n) is 10.0. The summed E-state index contributed by atoms with van der Waals surface area (Å²) in [6, 6.07) is 13.9. The second-order valence-corrected chi connectivity index (χ2v) is 8.81. The van der Waals surface area contributed by atoms with Crippen LogP contribution in [0.5, 0.6) is 5.75 Å². The molecule has 1 N–H and O–H groups in total. The van der Waals surface area contributed by atoms with Crippen molar-refractivity contribution in [1.29, 1.82) is 0 Å². The number of halogens is 1. The van der Waals surface area contributed by atoms with Crippen LogP contribution in [-0.4, -0.2) is 53.7 Å². The molecule has 158 valence electrons. The van der Waals surface area contributed by atoms with Crippen molar-refractivity contribution in [2.75, 3.05) is 37.7 Å². The molecule has 0 unspecified atom stereocenters. The van der Waals surface area contributed by atoms with Gasteiger partial charge in [-0.1, -0.05) is 35.1 Å². The number of anilines is 1. The molecule has 0 amide bonds. The Hall–Kier alpha value is -2.35. The number of fused-ring (bicyclic) bond motifs is 1. The molecule has 0 aliphatic carbocycles. The Bertz CT molecular complexity index is 1000. The first-order valence-corrected chi connectivity index (χ1v) is 11.2. The molecule has 0 atom stereocenters. The number of carboxylic acids is 1. The van der Waals surface area contributed by atoms with Gasteiger partial charge >= 0.3 is 5.97 Å². The van der Waals surface area contributed by atoms with Crippen molar-refractivity contribution < 1.29 is 14.6 Å². The summed E-state index contributed by atoms with van der Waals surface area (Å²) in [5.74, 6) is -0.00789. The second kappa shape index (κ2) is 9.64. The fourth-order valence-electron chi connectivity index (χ4n) is 3.48. The molecule has 2 heterocycles. The fraction of sp³-hybridized carbons (Fsp3) is 0.364. The third kappa shape index (κ3) is 5.41. The van der Waals surface area contributed by atoms with Crippen LogP contribution < -0.4 is 9.64 Å². The largest absolute Gasteiger partial charge is 0.494 e. The van der Waals surface area contributed by atoms with Crippen LogP contribution in [-0.2, 0) is 11.3 Å². The van der Waals surface area contributed by atoms with Gasteiger partial charge in [-0.3, -0.25) is 9.69 Å². The number of benzene rings is 2. The summed E-state index contributed by atoms with van der Waals surface area (Å²) in [4.78, 5) is 20.1. The molecule has 1 aliphatic heterocycles. The smallest absolute Gasteiger partial charge is 0.303 e. The van der Waals surface area contributed by atoms with Crippen LogP contribution in [0.2, 0.25) is 5.02 Å². The summed E-state index contributed by atoms with van der Waals surface area (Å²) in [6.45, 7) is 5.22. The van der Waals surface area contributed by atoms with Crippen molar-refractivity contribution in [3.05, 3.63) is 53.1 Å². The molecule has 1 fully saturated rings. The van der Waals surface area contributed by atoms with Crippen molar-refractivity contribution in [1.82, 2.24) is 9.88 Å². The van der Waals surface area contributed by atoms with Crippen molar-refractivity contribution in [2.45, 2.75) is 19.4 Å². The fourth-order valence-corrected chi connectivity index (χ4v) is 4.77. The van der Waals surface area contributed by atoms with Gasteiger partial charge in [0.2, 0.25) is 0 Å². The molecule has 2 aromatic carbocycles. The summed E-state index contributed by atoms with van der Waals surface area (Å²) < 4.78 is 6.73. The minimum atomic E-state index is -0.790. The molecule has 1 saturated heterocycles. The van der Waals surface area contributed by atoms with Crippen LogP contribution in [0, 0.1) is 0 Å². The monoisotopic (exact) mass is 445 g/mol. The van der Waals surface area contributed by atoms with Crippen molar-refractivity contribution in [3.63, 3.8) is 0 Å². The molecule has 4 rings (SSSR count). The van der Waals surface area contributed by atoms with Gasteiger partial charge in [-0.2, -0.15) is 0 Å². The number of piperazine rings is 1. The molecule has 0 spiro atoms. The van der Waals surface area contributed by atoms with Crippen LogP contribution in [0.3, 0.4) is 0 Å². The molecule has 0 bridgehead atoms. The molecule has 3 aromatic rings. The predicted molar refractivity (Wildman–Crippen MR) is 121 cm³/mol. The van der Waals surface area contributed by atoms with E-state index in [1.54, 1.807) is 11.3 Å². The molecule has 1 aliphatic rings. The number of hydrogen-bond acceptors (Lipinski definition) is 6. The highest BCUT2D eigenvalue weighted by Gasteiger charge is 2.20. The molecular weight excluding hydrogens is 422 g/mol. The van der Waals surface area contributed by atoms with Gasteiger partial charge in [0.05, 0.1) is 16.8 Å². The average Bonchev–Trinajstić information content (AvgIpc) is 3.16. The van der Waals surface area contributed by atoms with E-state index in [9.17, 15) is 4.79 Å². The lowest BCUT2D eigenvalue weighted by molar-refractivity contribution is -0.137. The summed E-state index contributed by atoms with van der Waals surface area (Å²) in [5, 5.41) is 10.5. The zero-order chi connectivity index (χ0) is 20.9. The highest BCUT2D eigenvalue weighted by Crippen LogP contribution is 2.31. The van der Waals surface area contributed by atoms with Gasteiger partial charge in [0.1, 0.15) is 5.75 Å². The Labute approximate surface area is 184 Å². The molecule has 8 heteroatoms. The van der Waals surface area contributed by atoms with Gasteiger partial charge in [0, 0.05) is 44.2 Å². The van der Waals surface area contributed by atoms with Crippen molar-refractivity contribution in [2.24, 2.45) is 0 Å². The van der Waals surface area contributed by atoms with Crippen LogP contribution in [0.15, 0.2) is 42.5 Å². The summed E-state index contributed by atoms with van der Waals surface area (Å²) in [7, 11) is 0. The van der Waals surface area contributed by atoms with Crippen LogP contribution in [0.25, 0.3) is 10.2 Å². The standard InChI is InChI=1S/C22H24ClN3O3S/c23-17-5-8-19-20(14-17)30-22(24-19)26-11-9-25(10-12-26)15-16-3-6-18(7-4-16)29-13-1-2-21(27)28/h3-8,14H,1-2,9-13,15H2,(H,27,28). The number of ether oxygens (including phenoxy) is 1. The van der Waals surface area contributed by atoms with E-state index in [1.807, 2.05) is 30.3 Å². The molecule has 0 radical (unpaired) electrons. The molecular formula is C22H24ClN3O3S. The van der Waals surface area contributed by atoms with Crippen LogP contribution >= 0.6 is 22.9 Å².